The minimum Gasteiger partial charge on any atom is -0.383 e. The molecule has 3 amide bonds. The first kappa shape index (κ1) is 26.1. The number of carbonyl (C=O) groups excluding carboxylic acids is 3. The van der Waals surface area contributed by atoms with E-state index in [1.807, 2.05) is 51.1 Å². The van der Waals surface area contributed by atoms with Crippen LogP contribution in [0.2, 0.25) is 0 Å². The fourth-order valence-electron chi connectivity index (χ4n) is 3.30. The van der Waals surface area contributed by atoms with Crippen molar-refractivity contribution in [2.45, 2.75) is 27.2 Å². The van der Waals surface area contributed by atoms with Gasteiger partial charge in [0.2, 0.25) is 11.8 Å². The highest BCUT2D eigenvalue weighted by Gasteiger charge is 2.19. The Balaban J connectivity index is 1.57. The number of nitrogens with one attached hydrogen (secondary N) is 2. The minimum absolute atomic E-state index is 0.0885. The second kappa shape index (κ2) is 12.2. The van der Waals surface area contributed by atoms with Crippen LogP contribution < -0.4 is 10.6 Å². The molecule has 8 nitrogen and oxygen atoms in total. The van der Waals surface area contributed by atoms with Gasteiger partial charge >= 0.3 is 0 Å². The number of aromatic nitrogens is 1. The summed E-state index contributed by atoms with van der Waals surface area (Å²) in [5.41, 5.74) is 5.09. The molecule has 0 bridgehead atoms. The maximum Gasteiger partial charge on any atom is 0.254 e. The monoisotopic (exact) mass is 494 g/mol. The van der Waals surface area contributed by atoms with Gasteiger partial charge in [-0.3, -0.25) is 14.4 Å². The Morgan fingerprint density at radius 3 is 2.40 bits per heavy atom. The van der Waals surface area contributed by atoms with Crippen LogP contribution in [-0.2, 0) is 20.7 Å². The highest BCUT2D eigenvalue weighted by molar-refractivity contribution is 7.13. The van der Waals surface area contributed by atoms with Gasteiger partial charge in [-0.15, -0.1) is 11.3 Å². The van der Waals surface area contributed by atoms with E-state index in [0.29, 0.717) is 23.0 Å². The Morgan fingerprint density at radius 2 is 1.71 bits per heavy atom. The van der Waals surface area contributed by atoms with Gasteiger partial charge in [0, 0.05) is 30.3 Å². The zero-order valence-electron chi connectivity index (χ0n) is 20.4. The minimum atomic E-state index is -0.373. The first-order chi connectivity index (χ1) is 16.7. The van der Waals surface area contributed by atoms with E-state index >= 15 is 0 Å². The van der Waals surface area contributed by atoms with Gasteiger partial charge in [-0.2, -0.15) is 0 Å². The average molecular weight is 495 g/mol. The highest BCUT2D eigenvalue weighted by atomic mass is 32.1. The van der Waals surface area contributed by atoms with Crippen LogP contribution in [0.3, 0.4) is 0 Å². The van der Waals surface area contributed by atoms with E-state index in [1.54, 1.807) is 24.6 Å². The molecular formula is C26H30N4O4S. The van der Waals surface area contributed by atoms with E-state index in [9.17, 15) is 14.4 Å². The van der Waals surface area contributed by atoms with Crippen molar-refractivity contribution in [3.63, 3.8) is 0 Å². The molecule has 3 aromatic rings. The topological polar surface area (TPSA) is 101 Å². The van der Waals surface area contributed by atoms with Gasteiger partial charge in [-0.05, 0) is 56.2 Å². The van der Waals surface area contributed by atoms with E-state index < -0.39 is 0 Å². The third-order valence-corrected chi connectivity index (χ3v) is 6.22. The summed E-state index contributed by atoms with van der Waals surface area (Å²) in [6.07, 6.45) is 0.0885. The van der Waals surface area contributed by atoms with Crippen molar-refractivity contribution < 1.29 is 19.1 Å². The van der Waals surface area contributed by atoms with Gasteiger partial charge in [-0.1, -0.05) is 23.8 Å². The number of aryl methyl sites for hydroxylation is 3. The van der Waals surface area contributed by atoms with Crippen LogP contribution >= 0.6 is 11.3 Å². The lowest BCUT2D eigenvalue weighted by molar-refractivity contribution is -0.117. The molecule has 0 aliphatic rings. The van der Waals surface area contributed by atoms with Gasteiger partial charge in [0.1, 0.15) is 6.54 Å². The van der Waals surface area contributed by atoms with Crippen molar-refractivity contribution in [3.05, 3.63) is 75.8 Å². The van der Waals surface area contributed by atoms with Crippen LogP contribution in [0.4, 0.5) is 10.8 Å². The summed E-state index contributed by atoms with van der Waals surface area (Å²) in [7, 11) is 1.54. The number of anilines is 2. The fraction of sp³-hybridized carbons (Fsp3) is 0.308. The van der Waals surface area contributed by atoms with E-state index in [1.165, 1.54) is 16.2 Å². The Labute approximate surface area is 209 Å². The van der Waals surface area contributed by atoms with Gasteiger partial charge in [0.25, 0.3) is 5.91 Å². The van der Waals surface area contributed by atoms with Crippen molar-refractivity contribution in [1.82, 2.24) is 9.88 Å². The van der Waals surface area contributed by atoms with Crippen LogP contribution in [-0.4, -0.2) is 54.4 Å². The maximum atomic E-state index is 12.9. The molecule has 0 saturated carbocycles. The fourth-order valence-corrected chi connectivity index (χ4v) is 4.03. The zero-order chi connectivity index (χ0) is 25.4. The Hall–Kier alpha value is -3.56. The number of hydrogen-bond donors (Lipinski definition) is 2. The number of amides is 3. The molecule has 35 heavy (non-hydrogen) atoms. The molecule has 0 spiro atoms. The SMILES string of the molecule is COCCN(CC(=O)Nc1nc(CC(=O)Nc2ccc(C)c(C)c2)cs1)C(=O)c1ccc(C)cc1. The number of nitrogens with zero attached hydrogens (tertiary/aromatic N) is 2. The average Bonchev–Trinajstić information content (AvgIpc) is 3.25. The summed E-state index contributed by atoms with van der Waals surface area (Å²) in [4.78, 5) is 43.7. The molecule has 9 heteroatoms. The summed E-state index contributed by atoms with van der Waals surface area (Å²) in [6, 6.07) is 12.9. The number of rotatable bonds is 10. The highest BCUT2D eigenvalue weighted by Crippen LogP contribution is 2.18. The zero-order valence-corrected chi connectivity index (χ0v) is 21.2. The molecule has 0 aliphatic heterocycles. The van der Waals surface area contributed by atoms with Crippen LogP contribution in [0.1, 0.15) is 32.7 Å². The number of benzene rings is 2. The number of carbonyl (C=O) groups is 3. The summed E-state index contributed by atoms with van der Waals surface area (Å²) < 4.78 is 5.10. The number of methoxy groups -OCH3 is 1. The molecule has 0 aliphatic carbocycles. The van der Waals surface area contributed by atoms with E-state index in [0.717, 1.165) is 22.4 Å². The van der Waals surface area contributed by atoms with Crippen LogP contribution in [0.5, 0.6) is 0 Å². The maximum absolute atomic E-state index is 12.9. The van der Waals surface area contributed by atoms with Gasteiger partial charge in [0.05, 0.1) is 18.7 Å². The predicted octanol–water partition coefficient (Wildman–Crippen LogP) is 3.98. The van der Waals surface area contributed by atoms with E-state index in [4.69, 9.17) is 4.74 Å². The molecule has 0 fully saturated rings. The molecule has 2 aromatic carbocycles. The smallest absolute Gasteiger partial charge is 0.254 e. The molecule has 0 unspecified atom stereocenters. The number of hydrogen-bond acceptors (Lipinski definition) is 6. The Kier molecular flexibility index (Phi) is 9.11. The first-order valence-corrected chi connectivity index (χ1v) is 12.1. The summed E-state index contributed by atoms with van der Waals surface area (Å²) in [5, 5.41) is 7.70. The summed E-state index contributed by atoms with van der Waals surface area (Å²) in [6.45, 7) is 6.39. The van der Waals surface area contributed by atoms with Crippen LogP contribution in [0.15, 0.2) is 47.8 Å². The van der Waals surface area contributed by atoms with Crippen LogP contribution in [0.25, 0.3) is 0 Å². The molecular weight excluding hydrogens is 464 g/mol. The third kappa shape index (κ3) is 7.73. The molecule has 1 heterocycles. The van der Waals surface area contributed by atoms with Gasteiger partial charge in [-0.25, -0.2) is 4.98 Å². The third-order valence-electron chi connectivity index (χ3n) is 5.42. The van der Waals surface area contributed by atoms with Crippen molar-refractivity contribution in [2.75, 3.05) is 37.4 Å². The molecule has 2 N–H and O–H groups in total. The second-order valence-corrected chi connectivity index (χ2v) is 9.16. The van der Waals surface area contributed by atoms with Crippen molar-refractivity contribution in [3.8, 4) is 0 Å². The van der Waals surface area contributed by atoms with Crippen molar-refractivity contribution >= 4 is 39.9 Å². The molecule has 1 aromatic heterocycles. The lowest BCUT2D eigenvalue weighted by atomic mass is 10.1. The molecule has 184 valence electrons. The largest absolute Gasteiger partial charge is 0.383 e. The van der Waals surface area contributed by atoms with E-state index in [2.05, 4.69) is 15.6 Å². The predicted molar refractivity (Wildman–Crippen MR) is 138 cm³/mol. The van der Waals surface area contributed by atoms with Gasteiger partial charge < -0.3 is 20.3 Å². The quantitative estimate of drug-likeness (QED) is 0.444. The van der Waals surface area contributed by atoms with E-state index in [-0.39, 0.29) is 37.2 Å². The number of thiazole rings is 1. The molecule has 0 atom stereocenters. The Bertz CT molecular complexity index is 1190. The van der Waals surface area contributed by atoms with Gasteiger partial charge in [0.15, 0.2) is 5.13 Å². The normalized spacial score (nSPS) is 10.6. The summed E-state index contributed by atoms with van der Waals surface area (Å²) in [5.74, 6) is -0.812. The molecule has 3 rings (SSSR count). The summed E-state index contributed by atoms with van der Waals surface area (Å²) >= 11 is 1.23. The first-order valence-electron chi connectivity index (χ1n) is 11.2. The Morgan fingerprint density at radius 1 is 0.971 bits per heavy atom. The lowest BCUT2D eigenvalue weighted by Crippen LogP contribution is -2.40. The molecule has 0 saturated heterocycles. The second-order valence-electron chi connectivity index (χ2n) is 8.30. The molecule has 0 radical (unpaired) electrons. The van der Waals surface area contributed by atoms with Crippen molar-refractivity contribution in [2.24, 2.45) is 0 Å². The van der Waals surface area contributed by atoms with Crippen LogP contribution in [0, 0.1) is 20.8 Å². The van der Waals surface area contributed by atoms with Crippen molar-refractivity contribution in [1.29, 1.82) is 0 Å². The number of ether oxygens (including phenoxy) is 1. The standard InChI is InChI=1S/C26H30N4O4S/c1-17-5-8-20(9-6-17)25(33)30(11-12-34-4)15-24(32)29-26-28-22(16-35-26)14-23(31)27-21-10-7-18(2)19(3)13-21/h5-10,13,16H,11-12,14-15H2,1-4H3,(H,27,31)(H,28,29,32). The lowest BCUT2D eigenvalue weighted by Gasteiger charge is -2.21.